The molecule has 0 aliphatic carbocycles. The number of aliphatic carboxylic acids is 2. The summed E-state index contributed by atoms with van der Waals surface area (Å²) in [6.07, 6.45) is 3.81. The third-order valence-corrected chi connectivity index (χ3v) is 3.26. The molecule has 0 aromatic rings. The average molecular weight is 244 g/mol. The predicted octanol–water partition coefficient (Wildman–Crippen LogP) is 3.16. The number of carboxylic acid groups (broad SMARTS) is 2. The monoisotopic (exact) mass is 244 g/mol. The van der Waals surface area contributed by atoms with Gasteiger partial charge < -0.3 is 10.2 Å². The van der Waals surface area contributed by atoms with Gasteiger partial charge in [-0.3, -0.25) is 9.59 Å². The van der Waals surface area contributed by atoms with Crippen LogP contribution in [0.5, 0.6) is 0 Å². The Kier molecular flexibility index (Phi) is 5.66. The van der Waals surface area contributed by atoms with Crippen molar-refractivity contribution in [1.29, 1.82) is 0 Å². The van der Waals surface area contributed by atoms with E-state index >= 15 is 0 Å². The van der Waals surface area contributed by atoms with Gasteiger partial charge in [-0.15, -0.1) is 0 Å². The standard InChI is InChI=1S/C13H24O4/c1-12(2,10(14)15)8-6-5-7-9-13(3,4)11(16)17/h5-9H2,1-4H3,(H,14,15)(H,16,17). The van der Waals surface area contributed by atoms with Gasteiger partial charge in [0.15, 0.2) is 0 Å². The van der Waals surface area contributed by atoms with Crippen LogP contribution in [-0.4, -0.2) is 22.2 Å². The molecule has 100 valence electrons. The lowest BCUT2D eigenvalue weighted by molar-refractivity contribution is -0.147. The van der Waals surface area contributed by atoms with Crippen LogP contribution in [0, 0.1) is 10.8 Å². The highest BCUT2D eigenvalue weighted by molar-refractivity contribution is 5.73. The molecule has 4 nitrogen and oxygen atoms in total. The second kappa shape index (κ2) is 6.03. The van der Waals surface area contributed by atoms with Gasteiger partial charge in [-0.05, 0) is 40.5 Å². The Hall–Kier alpha value is -1.06. The van der Waals surface area contributed by atoms with E-state index in [0.29, 0.717) is 12.8 Å². The van der Waals surface area contributed by atoms with Gasteiger partial charge >= 0.3 is 11.9 Å². The Bertz CT molecular complexity index is 251. The molecule has 0 unspecified atom stereocenters. The summed E-state index contributed by atoms with van der Waals surface area (Å²) in [6, 6.07) is 0. The van der Waals surface area contributed by atoms with Crippen molar-refractivity contribution in [1.82, 2.24) is 0 Å². The van der Waals surface area contributed by atoms with Gasteiger partial charge in [0.1, 0.15) is 0 Å². The summed E-state index contributed by atoms with van der Waals surface area (Å²) < 4.78 is 0. The number of hydrogen-bond acceptors (Lipinski definition) is 2. The first kappa shape index (κ1) is 15.9. The number of carboxylic acids is 2. The molecule has 0 fully saturated rings. The zero-order valence-corrected chi connectivity index (χ0v) is 11.2. The molecule has 0 saturated carbocycles. The zero-order chi connectivity index (χ0) is 13.7. The molecule has 0 aromatic heterocycles. The van der Waals surface area contributed by atoms with Gasteiger partial charge in [-0.25, -0.2) is 0 Å². The summed E-state index contributed by atoms with van der Waals surface area (Å²) in [6.45, 7) is 6.88. The second-order valence-electron chi connectivity index (χ2n) is 5.94. The molecule has 2 N–H and O–H groups in total. The van der Waals surface area contributed by atoms with Crippen LogP contribution >= 0.6 is 0 Å². The maximum atomic E-state index is 10.9. The third-order valence-electron chi connectivity index (χ3n) is 3.26. The Morgan fingerprint density at radius 2 is 1.06 bits per heavy atom. The molecule has 0 bridgehead atoms. The van der Waals surface area contributed by atoms with E-state index in [9.17, 15) is 9.59 Å². The summed E-state index contributed by atoms with van der Waals surface area (Å²) in [5.41, 5.74) is -1.36. The van der Waals surface area contributed by atoms with Crippen molar-refractivity contribution in [3.8, 4) is 0 Å². The maximum Gasteiger partial charge on any atom is 0.309 e. The first-order valence-corrected chi connectivity index (χ1v) is 6.06. The Labute approximate surface area is 103 Å². The molecule has 0 rings (SSSR count). The van der Waals surface area contributed by atoms with E-state index in [2.05, 4.69) is 0 Å². The van der Waals surface area contributed by atoms with E-state index in [1.807, 2.05) is 0 Å². The van der Waals surface area contributed by atoms with E-state index in [0.717, 1.165) is 19.3 Å². The van der Waals surface area contributed by atoms with E-state index in [-0.39, 0.29) is 0 Å². The summed E-state index contributed by atoms with van der Waals surface area (Å²) >= 11 is 0. The first-order valence-electron chi connectivity index (χ1n) is 6.06. The number of unbranched alkanes of at least 4 members (excludes halogenated alkanes) is 2. The number of hydrogen-bond donors (Lipinski definition) is 2. The van der Waals surface area contributed by atoms with Gasteiger partial charge in [0.2, 0.25) is 0 Å². The smallest absolute Gasteiger partial charge is 0.309 e. The lowest BCUT2D eigenvalue weighted by atomic mass is 9.84. The van der Waals surface area contributed by atoms with Crippen LogP contribution in [0.15, 0.2) is 0 Å². The van der Waals surface area contributed by atoms with Crippen molar-refractivity contribution in [2.75, 3.05) is 0 Å². The SMILES string of the molecule is CC(C)(CCCCCC(C)(C)C(=O)O)C(=O)O. The minimum Gasteiger partial charge on any atom is -0.481 e. The normalized spacial score (nSPS) is 12.5. The van der Waals surface area contributed by atoms with Crippen molar-refractivity contribution < 1.29 is 19.8 Å². The number of carbonyl (C=O) groups is 2. The molecule has 0 atom stereocenters. The van der Waals surface area contributed by atoms with E-state index in [1.165, 1.54) is 0 Å². The van der Waals surface area contributed by atoms with E-state index < -0.39 is 22.8 Å². The highest BCUT2D eigenvalue weighted by Crippen LogP contribution is 2.27. The van der Waals surface area contributed by atoms with Crippen LogP contribution in [0.1, 0.15) is 59.8 Å². The molecule has 0 heterocycles. The largest absolute Gasteiger partial charge is 0.481 e. The fourth-order valence-electron chi connectivity index (χ4n) is 1.52. The van der Waals surface area contributed by atoms with Crippen LogP contribution in [-0.2, 0) is 9.59 Å². The lowest BCUT2D eigenvalue weighted by Gasteiger charge is -2.20. The van der Waals surface area contributed by atoms with Crippen molar-refractivity contribution in [2.24, 2.45) is 10.8 Å². The molecular weight excluding hydrogens is 220 g/mol. The van der Waals surface area contributed by atoms with Crippen LogP contribution in [0.2, 0.25) is 0 Å². The van der Waals surface area contributed by atoms with Crippen molar-refractivity contribution >= 4 is 11.9 Å². The van der Waals surface area contributed by atoms with Crippen LogP contribution in [0.3, 0.4) is 0 Å². The van der Waals surface area contributed by atoms with Crippen LogP contribution in [0.4, 0.5) is 0 Å². The third kappa shape index (κ3) is 5.71. The van der Waals surface area contributed by atoms with Gasteiger partial charge in [-0.1, -0.05) is 19.3 Å². The Morgan fingerprint density at radius 3 is 1.29 bits per heavy atom. The molecular formula is C13H24O4. The molecule has 0 aliphatic heterocycles. The quantitative estimate of drug-likeness (QED) is 0.643. The van der Waals surface area contributed by atoms with Crippen molar-refractivity contribution in [3.05, 3.63) is 0 Å². The summed E-state index contributed by atoms with van der Waals surface area (Å²) in [7, 11) is 0. The van der Waals surface area contributed by atoms with Crippen LogP contribution in [0.25, 0.3) is 0 Å². The Balaban J connectivity index is 3.81. The molecule has 0 amide bonds. The predicted molar refractivity (Wildman–Crippen MR) is 65.9 cm³/mol. The first-order chi connectivity index (χ1) is 7.59. The minimum atomic E-state index is -0.775. The summed E-state index contributed by atoms with van der Waals surface area (Å²) in [5, 5.41) is 17.8. The zero-order valence-electron chi connectivity index (χ0n) is 11.2. The van der Waals surface area contributed by atoms with E-state index in [1.54, 1.807) is 27.7 Å². The second-order valence-corrected chi connectivity index (χ2v) is 5.94. The molecule has 0 aliphatic rings. The average Bonchev–Trinajstić information content (AvgIpc) is 2.16. The molecule has 0 radical (unpaired) electrons. The minimum absolute atomic E-state index is 0.635. The van der Waals surface area contributed by atoms with Crippen molar-refractivity contribution in [3.63, 3.8) is 0 Å². The topological polar surface area (TPSA) is 74.6 Å². The van der Waals surface area contributed by atoms with Gasteiger partial charge in [0, 0.05) is 0 Å². The van der Waals surface area contributed by atoms with Gasteiger partial charge in [-0.2, -0.15) is 0 Å². The fraction of sp³-hybridized carbons (Fsp3) is 0.846. The number of rotatable bonds is 8. The molecule has 17 heavy (non-hydrogen) atoms. The molecule has 0 aromatic carbocycles. The van der Waals surface area contributed by atoms with Gasteiger partial charge in [0.25, 0.3) is 0 Å². The molecule has 0 saturated heterocycles. The highest BCUT2D eigenvalue weighted by Gasteiger charge is 2.27. The molecule has 4 heteroatoms. The Morgan fingerprint density at radius 1 is 0.765 bits per heavy atom. The maximum absolute atomic E-state index is 10.9. The summed E-state index contributed by atoms with van der Waals surface area (Å²) in [4.78, 5) is 21.7. The van der Waals surface area contributed by atoms with Crippen LogP contribution < -0.4 is 0 Å². The molecule has 0 spiro atoms. The highest BCUT2D eigenvalue weighted by atomic mass is 16.4. The van der Waals surface area contributed by atoms with Crippen molar-refractivity contribution in [2.45, 2.75) is 59.8 Å². The summed E-state index contributed by atoms with van der Waals surface area (Å²) in [5.74, 6) is -1.55. The van der Waals surface area contributed by atoms with Gasteiger partial charge in [0.05, 0.1) is 10.8 Å². The van der Waals surface area contributed by atoms with E-state index in [4.69, 9.17) is 10.2 Å². The fourth-order valence-corrected chi connectivity index (χ4v) is 1.52. The lowest BCUT2D eigenvalue weighted by Crippen LogP contribution is -2.24.